The fraction of sp³-hybridized carbons (Fsp3) is 0.176. The van der Waals surface area contributed by atoms with Crippen molar-refractivity contribution in [1.82, 2.24) is 0 Å². The molecule has 0 aliphatic heterocycles. The highest BCUT2D eigenvalue weighted by Crippen LogP contribution is 2.17. The van der Waals surface area contributed by atoms with E-state index in [-0.39, 0.29) is 23.7 Å². The van der Waals surface area contributed by atoms with Crippen LogP contribution in [0.1, 0.15) is 27.0 Å². The smallest absolute Gasteiger partial charge is 0.200 e. The number of halogens is 1. The third kappa shape index (κ3) is 3.46. The second kappa shape index (κ2) is 6.19. The fourth-order valence-electron chi connectivity index (χ4n) is 2.03. The van der Waals surface area contributed by atoms with Gasteiger partial charge in [0.25, 0.3) is 0 Å². The van der Waals surface area contributed by atoms with Crippen LogP contribution in [0.5, 0.6) is 5.75 Å². The van der Waals surface area contributed by atoms with Crippen molar-refractivity contribution < 1.29 is 13.9 Å². The molecule has 0 aliphatic carbocycles. The van der Waals surface area contributed by atoms with Crippen molar-refractivity contribution >= 4 is 5.78 Å². The first-order valence-electron chi connectivity index (χ1n) is 6.44. The van der Waals surface area contributed by atoms with Crippen molar-refractivity contribution in [1.29, 1.82) is 5.26 Å². The fourth-order valence-corrected chi connectivity index (χ4v) is 2.03. The summed E-state index contributed by atoms with van der Waals surface area (Å²) in [6, 6.07) is 11.2. The Bertz CT molecular complexity index is 732. The van der Waals surface area contributed by atoms with Gasteiger partial charge in [0.05, 0.1) is 5.56 Å². The number of rotatable bonds is 4. The number of ketones is 1. The van der Waals surface area contributed by atoms with E-state index in [2.05, 4.69) is 0 Å². The lowest BCUT2D eigenvalue weighted by molar-refractivity contribution is 0.0920. The third-order valence-electron chi connectivity index (χ3n) is 3.11. The van der Waals surface area contributed by atoms with Gasteiger partial charge < -0.3 is 4.74 Å². The summed E-state index contributed by atoms with van der Waals surface area (Å²) in [6.07, 6.45) is 0. The summed E-state index contributed by atoms with van der Waals surface area (Å²) in [5, 5.41) is 8.64. The molecule has 0 aliphatic rings. The largest absolute Gasteiger partial charge is 0.485 e. The van der Waals surface area contributed by atoms with E-state index in [4.69, 9.17) is 10.00 Å². The summed E-state index contributed by atoms with van der Waals surface area (Å²) in [4.78, 5) is 12.1. The molecule has 2 aromatic rings. The molecular weight excluding hydrogens is 269 g/mol. The van der Waals surface area contributed by atoms with Crippen LogP contribution in [0.2, 0.25) is 0 Å². The van der Waals surface area contributed by atoms with Crippen molar-refractivity contribution in [3.8, 4) is 11.8 Å². The Morgan fingerprint density at radius 1 is 1.24 bits per heavy atom. The molecule has 4 heteroatoms. The molecular formula is C17H14FNO2. The molecule has 0 heterocycles. The van der Waals surface area contributed by atoms with Gasteiger partial charge in [-0.25, -0.2) is 4.39 Å². The van der Waals surface area contributed by atoms with Crippen LogP contribution in [-0.2, 0) is 0 Å². The Labute approximate surface area is 122 Å². The molecule has 0 saturated carbocycles. The van der Waals surface area contributed by atoms with E-state index < -0.39 is 5.82 Å². The maximum atomic E-state index is 13.4. The lowest BCUT2D eigenvalue weighted by Gasteiger charge is -2.08. The molecule has 0 atom stereocenters. The van der Waals surface area contributed by atoms with E-state index in [0.29, 0.717) is 5.56 Å². The van der Waals surface area contributed by atoms with Gasteiger partial charge in [0.15, 0.2) is 12.4 Å². The zero-order chi connectivity index (χ0) is 15.4. The van der Waals surface area contributed by atoms with Crippen LogP contribution >= 0.6 is 0 Å². The van der Waals surface area contributed by atoms with Gasteiger partial charge in [-0.3, -0.25) is 4.79 Å². The minimum Gasteiger partial charge on any atom is -0.485 e. The Morgan fingerprint density at radius 3 is 2.62 bits per heavy atom. The summed E-state index contributed by atoms with van der Waals surface area (Å²) in [6.45, 7) is 3.65. The molecule has 0 fully saturated rings. The van der Waals surface area contributed by atoms with Crippen molar-refractivity contribution in [3.05, 3.63) is 64.5 Å². The van der Waals surface area contributed by atoms with Gasteiger partial charge >= 0.3 is 0 Å². The number of nitriles is 1. The van der Waals surface area contributed by atoms with Gasteiger partial charge in [-0.05, 0) is 31.5 Å². The van der Waals surface area contributed by atoms with Crippen LogP contribution in [0.15, 0.2) is 36.4 Å². The van der Waals surface area contributed by atoms with Crippen molar-refractivity contribution in [3.63, 3.8) is 0 Å². The molecule has 0 amide bonds. The normalized spacial score (nSPS) is 10.0. The van der Waals surface area contributed by atoms with E-state index in [0.717, 1.165) is 17.2 Å². The van der Waals surface area contributed by atoms with Gasteiger partial charge in [-0.15, -0.1) is 0 Å². The number of carbonyl (C=O) groups excluding carboxylic acids is 1. The molecule has 0 saturated heterocycles. The van der Waals surface area contributed by atoms with E-state index in [9.17, 15) is 9.18 Å². The molecule has 0 aromatic heterocycles. The maximum Gasteiger partial charge on any atom is 0.200 e. The number of aryl methyl sites for hydroxylation is 2. The SMILES string of the molecule is Cc1ccc(C(=O)COc2ccc(C#N)c(F)c2)c(C)c1. The lowest BCUT2D eigenvalue weighted by atomic mass is 10.0. The molecule has 106 valence electrons. The van der Waals surface area contributed by atoms with Crippen LogP contribution < -0.4 is 4.74 Å². The number of Topliss-reactive ketones (excluding diaryl/α,β-unsaturated/α-hetero) is 1. The predicted molar refractivity (Wildman–Crippen MR) is 76.9 cm³/mol. The number of benzene rings is 2. The van der Waals surface area contributed by atoms with E-state index >= 15 is 0 Å². The molecule has 3 nitrogen and oxygen atoms in total. The number of nitrogens with zero attached hydrogens (tertiary/aromatic N) is 1. The van der Waals surface area contributed by atoms with Crippen LogP contribution in [0.3, 0.4) is 0 Å². The molecule has 21 heavy (non-hydrogen) atoms. The van der Waals surface area contributed by atoms with Crippen molar-refractivity contribution in [2.45, 2.75) is 13.8 Å². The second-order valence-electron chi connectivity index (χ2n) is 4.78. The highest BCUT2D eigenvalue weighted by Gasteiger charge is 2.11. The predicted octanol–water partition coefficient (Wildman–Crippen LogP) is 3.58. The highest BCUT2D eigenvalue weighted by molar-refractivity contribution is 5.98. The number of hydrogen-bond acceptors (Lipinski definition) is 3. The standard InChI is InChI=1S/C17H14FNO2/c1-11-3-6-15(12(2)7-11)17(20)10-21-14-5-4-13(9-19)16(18)8-14/h3-8H,10H2,1-2H3. The van der Waals surface area contributed by atoms with Crippen LogP contribution in [-0.4, -0.2) is 12.4 Å². The zero-order valence-electron chi connectivity index (χ0n) is 11.8. The average Bonchev–Trinajstić information content (AvgIpc) is 2.45. The van der Waals surface area contributed by atoms with Crippen molar-refractivity contribution in [2.24, 2.45) is 0 Å². The van der Waals surface area contributed by atoms with E-state index in [1.165, 1.54) is 12.1 Å². The van der Waals surface area contributed by atoms with Gasteiger partial charge in [-0.2, -0.15) is 5.26 Å². The van der Waals surface area contributed by atoms with E-state index in [1.807, 2.05) is 26.0 Å². The first-order chi connectivity index (χ1) is 10.0. The number of carbonyl (C=O) groups is 1. The lowest BCUT2D eigenvalue weighted by Crippen LogP contribution is -2.13. The maximum absolute atomic E-state index is 13.4. The van der Waals surface area contributed by atoms with Gasteiger partial charge in [0.1, 0.15) is 17.6 Å². The summed E-state index contributed by atoms with van der Waals surface area (Å²) in [7, 11) is 0. The quantitative estimate of drug-likeness (QED) is 0.806. The molecule has 2 rings (SSSR count). The third-order valence-corrected chi connectivity index (χ3v) is 3.11. The topological polar surface area (TPSA) is 50.1 Å². The van der Waals surface area contributed by atoms with Crippen LogP contribution in [0, 0.1) is 31.0 Å². The minimum absolute atomic E-state index is 0.0527. The molecule has 0 bridgehead atoms. The number of ether oxygens (including phenoxy) is 1. The number of hydrogen-bond donors (Lipinski definition) is 0. The monoisotopic (exact) mass is 283 g/mol. The first-order valence-corrected chi connectivity index (χ1v) is 6.44. The Balaban J connectivity index is 2.07. The highest BCUT2D eigenvalue weighted by atomic mass is 19.1. The second-order valence-corrected chi connectivity index (χ2v) is 4.78. The summed E-state index contributed by atoms with van der Waals surface area (Å²) < 4.78 is 18.7. The Morgan fingerprint density at radius 2 is 2.00 bits per heavy atom. The first kappa shape index (κ1) is 14.7. The summed E-state index contributed by atoms with van der Waals surface area (Å²) >= 11 is 0. The van der Waals surface area contributed by atoms with Gasteiger partial charge in [0.2, 0.25) is 0 Å². The zero-order valence-corrected chi connectivity index (χ0v) is 11.8. The van der Waals surface area contributed by atoms with Gasteiger partial charge in [-0.1, -0.05) is 23.8 Å². The van der Waals surface area contributed by atoms with Crippen LogP contribution in [0.4, 0.5) is 4.39 Å². The molecule has 0 unspecified atom stereocenters. The molecule has 0 spiro atoms. The van der Waals surface area contributed by atoms with Crippen molar-refractivity contribution in [2.75, 3.05) is 6.61 Å². The Kier molecular flexibility index (Phi) is 4.34. The summed E-state index contributed by atoms with van der Waals surface area (Å²) in [5.74, 6) is -0.601. The summed E-state index contributed by atoms with van der Waals surface area (Å²) in [5.41, 5.74) is 2.51. The van der Waals surface area contributed by atoms with E-state index in [1.54, 1.807) is 12.1 Å². The minimum atomic E-state index is -0.658. The molecule has 0 N–H and O–H groups in total. The molecule has 2 aromatic carbocycles. The average molecular weight is 283 g/mol. The Hall–Kier alpha value is -2.67. The van der Waals surface area contributed by atoms with Gasteiger partial charge in [0, 0.05) is 11.6 Å². The van der Waals surface area contributed by atoms with Crippen LogP contribution in [0.25, 0.3) is 0 Å². The molecule has 0 radical (unpaired) electrons.